The Morgan fingerprint density at radius 2 is 1.93 bits per heavy atom. The normalized spacial score (nSPS) is 9.50. The average molecular weight is 195 g/mol. The van der Waals surface area contributed by atoms with E-state index in [1.54, 1.807) is 0 Å². The van der Waals surface area contributed by atoms with E-state index < -0.39 is 17.6 Å². The molecule has 0 saturated heterocycles. The predicted molar refractivity (Wildman–Crippen MR) is 48.0 cm³/mol. The number of nitrogens with two attached hydrogens (primary N) is 1. The summed E-state index contributed by atoms with van der Waals surface area (Å²) in [6.07, 6.45) is 0. The number of hydrogen-bond donors (Lipinski definition) is 2. The lowest BCUT2D eigenvalue weighted by atomic mass is 10.1. The first-order chi connectivity index (χ1) is 6.57. The summed E-state index contributed by atoms with van der Waals surface area (Å²) in [5, 5.41) is 9.46. The van der Waals surface area contributed by atoms with Gasteiger partial charge in [0.25, 0.3) is 5.91 Å². The fraction of sp³-hybridized carbons (Fsp3) is 0.111. The number of benzene rings is 1. The van der Waals surface area contributed by atoms with Crippen molar-refractivity contribution in [1.82, 2.24) is 0 Å². The van der Waals surface area contributed by atoms with Gasteiger partial charge in [-0.1, -0.05) is 6.07 Å². The zero-order valence-corrected chi connectivity index (χ0v) is 7.48. The second-order valence-corrected chi connectivity index (χ2v) is 2.56. The van der Waals surface area contributed by atoms with Gasteiger partial charge in [-0.25, -0.2) is 4.79 Å². The molecule has 0 saturated carbocycles. The minimum absolute atomic E-state index is 0.0798. The number of amides is 1. The Labute approximate surface area is 80.1 Å². The number of methoxy groups -OCH3 is 1. The van der Waals surface area contributed by atoms with Crippen molar-refractivity contribution in [1.29, 1.82) is 0 Å². The van der Waals surface area contributed by atoms with Crippen molar-refractivity contribution in [3.63, 3.8) is 0 Å². The molecule has 3 N–H and O–H groups in total. The second kappa shape index (κ2) is 3.78. The van der Waals surface area contributed by atoms with Crippen molar-refractivity contribution in [3.8, 4) is 5.75 Å². The highest BCUT2D eigenvalue weighted by atomic mass is 16.5. The van der Waals surface area contributed by atoms with E-state index in [0.29, 0.717) is 0 Å². The number of para-hydroxylation sites is 1. The predicted octanol–water partition coefficient (Wildman–Crippen LogP) is 0.278. The lowest BCUT2D eigenvalue weighted by Gasteiger charge is -2.04. The highest BCUT2D eigenvalue weighted by Crippen LogP contribution is 2.22. The monoisotopic (exact) mass is 195 g/mol. The number of phenols is 1. The molecule has 1 amide bonds. The summed E-state index contributed by atoms with van der Waals surface area (Å²) in [5.41, 5.74) is 4.79. The van der Waals surface area contributed by atoms with Crippen LogP contribution >= 0.6 is 0 Å². The van der Waals surface area contributed by atoms with Gasteiger partial charge in [-0.05, 0) is 12.1 Å². The Morgan fingerprint density at radius 1 is 1.36 bits per heavy atom. The van der Waals surface area contributed by atoms with Crippen LogP contribution in [0.3, 0.4) is 0 Å². The molecular weight excluding hydrogens is 186 g/mol. The van der Waals surface area contributed by atoms with Crippen molar-refractivity contribution in [2.75, 3.05) is 7.11 Å². The molecule has 0 aliphatic carbocycles. The van der Waals surface area contributed by atoms with Crippen LogP contribution in [0.25, 0.3) is 0 Å². The molecule has 74 valence electrons. The molecule has 0 aliphatic rings. The van der Waals surface area contributed by atoms with E-state index in [1.807, 2.05) is 0 Å². The van der Waals surface area contributed by atoms with Crippen molar-refractivity contribution < 1.29 is 19.4 Å². The highest BCUT2D eigenvalue weighted by Gasteiger charge is 2.16. The van der Waals surface area contributed by atoms with Gasteiger partial charge >= 0.3 is 5.97 Å². The molecule has 0 spiro atoms. The fourth-order valence-electron chi connectivity index (χ4n) is 1.02. The Bertz CT molecular complexity index is 386. The van der Waals surface area contributed by atoms with E-state index in [0.717, 1.165) is 0 Å². The van der Waals surface area contributed by atoms with Crippen molar-refractivity contribution >= 4 is 11.9 Å². The largest absolute Gasteiger partial charge is 0.506 e. The molecule has 0 aliphatic heterocycles. The molecule has 0 aromatic heterocycles. The number of esters is 1. The third-order valence-electron chi connectivity index (χ3n) is 1.71. The van der Waals surface area contributed by atoms with Crippen LogP contribution in [0.5, 0.6) is 5.75 Å². The van der Waals surface area contributed by atoms with E-state index in [-0.39, 0.29) is 11.1 Å². The van der Waals surface area contributed by atoms with Gasteiger partial charge in [0.2, 0.25) is 0 Å². The first kappa shape index (κ1) is 10.0. The topological polar surface area (TPSA) is 89.6 Å². The maximum atomic E-state index is 11.1. The van der Waals surface area contributed by atoms with E-state index in [1.165, 1.54) is 25.3 Å². The Hall–Kier alpha value is -2.04. The van der Waals surface area contributed by atoms with Crippen LogP contribution in [0.2, 0.25) is 0 Å². The van der Waals surface area contributed by atoms with E-state index in [9.17, 15) is 14.7 Å². The second-order valence-electron chi connectivity index (χ2n) is 2.56. The maximum absolute atomic E-state index is 11.1. The molecule has 0 unspecified atom stereocenters. The van der Waals surface area contributed by atoms with Crippen LogP contribution < -0.4 is 5.73 Å². The van der Waals surface area contributed by atoms with E-state index in [4.69, 9.17) is 5.73 Å². The number of carbonyl (C=O) groups excluding carboxylic acids is 2. The molecule has 1 rings (SSSR count). The summed E-state index contributed by atoms with van der Waals surface area (Å²) in [7, 11) is 1.18. The van der Waals surface area contributed by atoms with E-state index >= 15 is 0 Å². The summed E-state index contributed by atoms with van der Waals surface area (Å²) in [4.78, 5) is 21.9. The van der Waals surface area contributed by atoms with Gasteiger partial charge < -0.3 is 15.6 Å². The molecule has 5 nitrogen and oxygen atoms in total. The summed E-state index contributed by atoms with van der Waals surface area (Å²) in [6.45, 7) is 0. The first-order valence-corrected chi connectivity index (χ1v) is 3.78. The molecular formula is C9H9NO4. The average Bonchev–Trinajstić information content (AvgIpc) is 2.16. The van der Waals surface area contributed by atoms with Gasteiger partial charge in [0.05, 0.1) is 12.7 Å². The third-order valence-corrected chi connectivity index (χ3v) is 1.71. The summed E-state index contributed by atoms with van der Waals surface area (Å²) in [6, 6.07) is 4.10. The van der Waals surface area contributed by atoms with Crippen molar-refractivity contribution in [2.45, 2.75) is 0 Å². The highest BCUT2D eigenvalue weighted by molar-refractivity contribution is 6.01. The molecule has 0 fully saturated rings. The van der Waals surface area contributed by atoms with Crippen LogP contribution in [-0.2, 0) is 4.74 Å². The molecule has 5 heteroatoms. The molecule has 1 aromatic rings. The number of hydrogen-bond acceptors (Lipinski definition) is 4. The molecule has 0 bridgehead atoms. The van der Waals surface area contributed by atoms with Crippen molar-refractivity contribution in [2.24, 2.45) is 5.73 Å². The Balaban J connectivity index is 3.27. The standard InChI is InChI=1S/C9H9NO4/c1-14-9(13)6-4-2-3-5(7(6)11)8(10)12/h2-4,11H,1H3,(H2,10,12). The minimum atomic E-state index is -0.798. The lowest BCUT2D eigenvalue weighted by molar-refractivity contribution is 0.0597. The maximum Gasteiger partial charge on any atom is 0.341 e. The summed E-state index contributed by atoms with van der Waals surface area (Å²) < 4.78 is 4.40. The fourth-order valence-corrected chi connectivity index (χ4v) is 1.02. The van der Waals surface area contributed by atoms with Crippen LogP contribution in [0, 0.1) is 0 Å². The van der Waals surface area contributed by atoms with E-state index in [2.05, 4.69) is 4.74 Å². The number of ether oxygens (including phenoxy) is 1. The summed E-state index contributed by atoms with van der Waals surface area (Å²) >= 11 is 0. The van der Waals surface area contributed by atoms with Gasteiger partial charge in [0, 0.05) is 0 Å². The zero-order valence-electron chi connectivity index (χ0n) is 7.48. The number of rotatable bonds is 2. The Morgan fingerprint density at radius 3 is 2.43 bits per heavy atom. The van der Waals surface area contributed by atoms with Gasteiger partial charge in [0.15, 0.2) is 0 Å². The van der Waals surface area contributed by atoms with Crippen LogP contribution in [0.1, 0.15) is 20.7 Å². The van der Waals surface area contributed by atoms with Gasteiger partial charge in [-0.3, -0.25) is 4.79 Å². The molecule has 0 radical (unpaired) electrons. The SMILES string of the molecule is COC(=O)c1cccc(C(N)=O)c1O. The smallest absolute Gasteiger partial charge is 0.341 e. The number of primary amides is 1. The van der Waals surface area contributed by atoms with Gasteiger partial charge in [-0.15, -0.1) is 0 Å². The summed E-state index contributed by atoms with van der Waals surface area (Å²) in [5.74, 6) is -1.97. The zero-order chi connectivity index (χ0) is 10.7. The van der Waals surface area contributed by atoms with Crippen molar-refractivity contribution in [3.05, 3.63) is 29.3 Å². The van der Waals surface area contributed by atoms with Crippen LogP contribution in [0.15, 0.2) is 18.2 Å². The lowest BCUT2D eigenvalue weighted by Crippen LogP contribution is -2.13. The molecule has 1 aromatic carbocycles. The third kappa shape index (κ3) is 1.66. The molecule has 14 heavy (non-hydrogen) atoms. The van der Waals surface area contributed by atoms with Gasteiger partial charge in [-0.2, -0.15) is 0 Å². The molecule has 0 heterocycles. The van der Waals surface area contributed by atoms with Crippen LogP contribution in [0.4, 0.5) is 0 Å². The first-order valence-electron chi connectivity index (χ1n) is 3.78. The Kier molecular flexibility index (Phi) is 2.71. The number of carbonyl (C=O) groups is 2. The number of aromatic hydroxyl groups is 1. The quantitative estimate of drug-likeness (QED) is 0.663. The molecule has 0 atom stereocenters. The van der Waals surface area contributed by atoms with Gasteiger partial charge in [0.1, 0.15) is 11.3 Å². The van der Waals surface area contributed by atoms with Crippen LogP contribution in [-0.4, -0.2) is 24.1 Å². The minimum Gasteiger partial charge on any atom is -0.506 e.